The second-order valence-corrected chi connectivity index (χ2v) is 11.5. The average Bonchev–Trinajstić information content (AvgIpc) is 2.88. The molecule has 0 amide bonds. The van der Waals surface area contributed by atoms with Gasteiger partial charge in [0.1, 0.15) is 5.82 Å². The van der Waals surface area contributed by atoms with Crippen LogP contribution in [-0.2, 0) is 22.4 Å². The van der Waals surface area contributed by atoms with Gasteiger partial charge in [0.15, 0.2) is 9.84 Å². The van der Waals surface area contributed by atoms with E-state index in [4.69, 9.17) is 0 Å². The lowest BCUT2D eigenvalue weighted by atomic mass is 9.95. The number of aliphatic imine (C=N–C) groups is 1. The third kappa shape index (κ3) is 5.16. The number of halogens is 3. The minimum atomic E-state index is -4.43. The van der Waals surface area contributed by atoms with E-state index in [9.17, 15) is 21.6 Å². The molecule has 5 rings (SSSR count). The highest BCUT2D eigenvalue weighted by Crippen LogP contribution is 2.33. The van der Waals surface area contributed by atoms with Crippen molar-refractivity contribution in [2.75, 3.05) is 11.9 Å². The van der Waals surface area contributed by atoms with Crippen LogP contribution in [0.1, 0.15) is 42.4 Å². The first kappa shape index (κ1) is 24.5. The molecule has 2 heterocycles. The van der Waals surface area contributed by atoms with Gasteiger partial charge in [-0.3, -0.25) is 4.99 Å². The molecule has 3 aromatic rings. The molecule has 0 radical (unpaired) electrons. The summed E-state index contributed by atoms with van der Waals surface area (Å²) in [5, 5.41) is 2.65. The number of alkyl halides is 3. The van der Waals surface area contributed by atoms with E-state index < -0.39 is 26.8 Å². The Hall–Kier alpha value is -3.20. The maximum atomic E-state index is 13.3. The van der Waals surface area contributed by atoms with Gasteiger partial charge in [0.25, 0.3) is 0 Å². The Bertz CT molecular complexity index is 1360. The molecule has 0 unspecified atom stereocenters. The fourth-order valence-electron chi connectivity index (χ4n) is 4.87. The third-order valence-corrected chi connectivity index (χ3v) is 9.24. The Balaban J connectivity index is 1.21. The lowest BCUT2D eigenvalue weighted by Crippen LogP contribution is -2.33. The Morgan fingerprint density at radius 1 is 0.889 bits per heavy atom. The minimum Gasteiger partial charge on any atom is -0.367 e. The molecule has 5 nitrogen and oxygen atoms in total. The predicted molar refractivity (Wildman–Crippen MR) is 134 cm³/mol. The molecular formula is C27H26F3N3O2S. The van der Waals surface area contributed by atoms with E-state index >= 15 is 0 Å². The second-order valence-electron chi connectivity index (χ2n) is 9.32. The van der Waals surface area contributed by atoms with Gasteiger partial charge >= 0.3 is 6.18 Å². The van der Waals surface area contributed by atoms with Crippen molar-refractivity contribution in [3.8, 4) is 11.1 Å². The molecule has 0 saturated heterocycles. The molecule has 0 bridgehead atoms. The summed E-state index contributed by atoms with van der Waals surface area (Å²) in [6.45, 7) is 0.808. The van der Waals surface area contributed by atoms with E-state index in [1.807, 2.05) is 18.3 Å². The van der Waals surface area contributed by atoms with Crippen LogP contribution >= 0.6 is 0 Å². The summed E-state index contributed by atoms with van der Waals surface area (Å²) in [7, 11) is -3.48. The number of hydrogen-bond donors (Lipinski definition) is 1. The van der Waals surface area contributed by atoms with E-state index in [-0.39, 0.29) is 6.04 Å². The molecule has 1 N–H and O–H groups in total. The molecule has 0 spiro atoms. The molecule has 1 saturated carbocycles. The maximum Gasteiger partial charge on any atom is 0.417 e. The van der Waals surface area contributed by atoms with Gasteiger partial charge in [-0.1, -0.05) is 24.3 Å². The van der Waals surface area contributed by atoms with Crippen LogP contribution < -0.4 is 5.32 Å². The van der Waals surface area contributed by atoms with Gasteiger partial charge in [0.05, 0.1) is 15.7 Å². The van der Waals surface area contributed by atoms with Crippen LogP contribution in [0.5, 0.6) is 0 Å². The molecule has 0 atom stereocenters. The summed E-state index contributed by atoms with van der Waals surface area (Å²) in [4.78, 5) is 8.51. The monoisotopic (exact) mass is 513 g/mol. The molecule has 36 heavy (non-hydrogen) atoms. The number of fused-ring (bicyclic) bond motifs is 1. The van der Waals surface area contributed by atoms with Crippen LogP contribution in [0, 0.1) is 0 Å². The van der Waals surface area contributed by atoms with Crippen molar-refractivity contribution in [1.82, 2.24) is 4.98 Å². The molecule has 2 aliphatic rings. The number of pyridine rings is 1. The van der Waals surface area contributed by atoms with Crippen LogP contribution in [0.4, 0.5) is 19.0 Å². The van der Waals surface area contributed by atoms with Gasteiger partial charge in [-0.25, -0.2) is 13.4 Å². The van der Waals surface area contributed by atoms with Gasteiger partial charge in [-0.15, -0.1) is 0 Å². The summed E-state index contributed by atoms with van der Waals surface area (Å²) in [5.74, 6) is 0.360. The van der Waals surface area contributed by atoms with Crippen LogP contribution in [0.2, 0.25) is 0 Å². The van der Waals surface area contributed by atoms with E-state index in [1.165, 1.54) is 11.6 Å². The molecule has 1 aliphatic carbocycles. The average molecular weight is 514 g/mol. The summed E-state index contributed by atoms with van der Waals surface area (Å²) in [6, 6.07) is 15.6. The van der Waals surface area contributed by atoms with Crippen molar-refractivity contribution in [3.05, 3.63) is 77.5 Å². The van der Waals surface area contributed by atoms with E-state index in [0.29, 0.717) is 36.4 Å². The highest BCUT2D eigenvalue weighted by molar-refractivity contribution is 7.92. The molecule has 188 valence electrons. The normalized spacial score (nSPS) is 20.1. The van der Waals surface area contributed by atoms with Gasteiger partial charge in [0, 0.05) is 25.0 Å². The van der Waals surface area contributed by atoms with Gasteiger partial charge in [-0.2, -0.15) is 13.2 Å². The van der Waals surface area contributed by atoms with Crippen LogP contribution in [0.15, 0.2) is 70.7 Å². The van der Waals surface area contributed by atoms with Gasteiger partial charge in [-0.05, 0) is 84.7 Å². The lowest BCUT2D eigenvalue weighted by molar-refractivity contribution is -0.137. The van der Waals surface area contributed by atoms with E-state index in [2.05, 4.69) is 33.5 Å². The molecule has 1 fully saturated rings. The Labute approximate surface area is 208 Å². The number of rotatable bonds is 5. The number of anilines is 1. The smallest absolute Gasteiger partial charge is 0.367 e. The highest BCUT2D eigenvalue weighted by atomic mass is 32.2. The number of aromatic nitrogens is 1. The van der Waals surface area contributed by atoms with Gasteiger partial charge in [0.2, 0.25) is 0 Å². The maximum absolute atomic E-state index is 13.3. The highest BCUT2D eigenvalue weighted by Gasteiger charge is 2.33. The molecule has 2 aromatic carbocycles. The van der Waals surface area contributed by atoms with Crippen LogP contribution in [0.3, 0.4) is 0 Å². The first-order valence-corrected chi connectivity index (χ1v) is 13.5. The molecular weight excluding hydrogens is 487 g/mol. The predicted octanol–water partition coefficient (Wildman–Crippen LogP) is 5.94. The summed E-state index contributed by atoms with van der Waals surface area (Å²) in [6.07, 6.45) is 1.36. The van der Waals surface area contributed by atoms with Crippen molar-refractivity contribution < 1.29 is 21.6 Å². The quantitative estimate of drug-likeness (QED) is 0.458. The molecule has 9 heteroatoms. The van der Waals surface area contributed by atoms with Gasteiger partial charge < -0.3 is 5.32 Å². The largest absolute Gasteiger partial charge is 0.417 e. The zero-order valence-corrected chi connectivity index (χ0v) is 20.3. The summed E-state index contributed by atoms with van der Waals surface area (Å²) < 4.78 is 64.7. The van der Waals surface area contributed by atoms with E-state index in [1.54, 1.807) is 12.1 Å². The Morgan fingerprint density at radius 2 is 1.61 bits per heavy atom. The van der Waals surface area contributed by atoms with Crippen molar-refractivity contribution in [2.24, 2.45) is 4.99 Å². The lowest BCUT2D eigenvalue weighted by Gasteiger charge is -2.29. The van der Waals surface area contributed by atoms with Crippen LogP contribution in [-0.4, -0.2) is 37.5 Å². The Morgan fingerprint density at radius 3 is 2.28 bits per heavy atom. The Kier molecular flexibility index (Phi) is 6.59. The third-order valence-electron chi connectivity index (χ3n) is 6.96. The zero-order valence-electron chi connectivity index (χ0n) is 19.5. The summed E-state index contributed by atoms with van der Waals surface area (Å²) in [5.41, 5.74) is 3.55. The number of nitrogens with one attached hydrogen (secondary N) is 1. The number of sulfone groups is 1. The second kappa shape index (κ2) is 9.69. The molecule has 1 aliphatic heterocycles. The summed E-state index contributed by atoms with van der Waals surface area (Å²) >= 11 is 0. The first-order valence-electron chi connectivity index (χ1n) is 12.0. The SMILES string of the molecule is O=S(=O)(c1ccc(-c2ccc3c(c2)C=NCC3)cc1)C1CCC(Nc2ccc(C(F)(F)F)cn2)CC1. The number of hydrogen-bond acceptors (Lipinski definition) is 5. The van der Waals surface area contributed by atoms with E-state index in [0.717, 1.165) is 41.9 Å². The van der Waals surface area contributed by atoms with Crippen molar-refractivity contribution in [1.29, 1.82) is 0 Å². The minimum absolute atomic E-state index is 0.0318. The van der Waals surface area contributed by atoms with Crippen molar-refractivity contribution in [2.45, 2.75) is 54.5 Å². The fourth-order valence-corrected chi connectivity index (χ4v) is 6.67. The van der Waals surface area contributed by atoms with Crippen LogP contribution in [0.25, 0.3) is 11.1 Å². The first-order chi connectivity index (χ1) is 17.2. The standard InChI is InChI=1S/C27H26F3N3O2S/c28-27(29,30)22-5-12-26(32-17-22)33-23-6-10-25(11-7-23)36(34,35)24-8-3-18(4-9-24)20-2-1-19-13-14-31-16-21(19)15-20/h1-5,8-9,12,15-17,23,25H,6-7,10-11,13-14H2,(H,32,33). The van der Waals surface area contributed by atoms with Crippen molar-refractivity contribution >= 4 is 21.9 Å². The zero-order chi connectivity index (χ0) is 25.3. The topological polar surface area (TPSA) is 71.4 Å². The molecule has 1 aromatic heterocycles. The van der Waals surface area contributed by atoms with Crippen molar-refractivity contribution in [3.63, 3.8) is 0 Å². The fraction of sp³-hybridized carbons (Fsp3) is 0.333. The number of benzene rings is 2. The number of nitrogens with zero attached hydrogens (tertiary/aromatic N) is 2.